The molecule has 0 unspecified atom stereocenters. The molecule has 1 atom stereocenters. The van der Waals surface area contributed by atoms with Crippen LogP contribution in [-0.2, 0) is 0 Å². The first-order valence-corrected chi connectivity index (χ1v) is 3.94. The van der Waals surface area contributed by atoms with E-state index in [1.165, 1.54) is 0 Å². The summed E-state index contributed by atoms with van der Waals surface area (Å²) >= 11 is 0. The van der Waals surface area contributed by atoms with Crippen LogP contribution in [0, 0.1) is 11.3 Å². The van der Waals surface area contributed by atoms with Crippen LogP contribution in [0.15, 0.2) is 30.3 Å². The fourth-order valence-corrected chi connectivity index (χ4v) is 1.12. The van der Waals surface area contributed by atoms with Crippen LogP contribution in [0.1, 0.15) is 17.9 Å². The van der Waals surface area contributed by atoms with Gasteiger partial charge in [-0.3, -0.25) is 0 Å². The lowest BCUT2D eigenvalue weighted by atomic mass is 9.98. The Labute approximate surface area is 72.1 Å². The summed E-state index contributed by atoms with van der Waals surface area (Å²) in [5.74, 6) is -0.170. The molecule has 0 amide bonds. The Morgan fingerprint density at radius 3 is 2.50 bits per heavy atom. The van der Waals surface area contributed by atoms with Gasteiger partial charge in [-0.1, -0.05) is 30.3 Å². The number of aliphatic hydroxyl groups is 1. The quantitative estimate of drug-likeness (QED) is 0.732. The first-order valence-electron chi connectivity index (χ1n) is 3.94. The summed E-state index contributed by atoms with van der Waals surface area (Å²) in [7, 11) is 0. The van der Waals surface area contributed by atoms with Crippen molar-refractivity contribution in [3.8, 4) is 6.07 Å². The Hall–Kier alpha value is -1.33. The lowest BCUT2D eigenvalue weighted by Crippen LogP contribution is -1.97. The largest absolute Gasteiger partial charge is 0.396 e. The minimum Gasteiger partial charge on any atom is -0.396 e. The maximum Gasteiger partial charge on any atom is 0.0734 e. The van der Waals surface area contributed by atoms with E-state index in [4.69, 9.17) is 10.4 Å². The summed E-state index contributed by atoms with van der Waals surface area (Å²) in [6.07, 6.45) is 0.514. The van der Waals surface area contributed by atoms with E-state index in [-0.39, 0.29) is 12.5 Å². The fourth-order valence-electron chi connectivity index (χ4n) is 1.12. The molecule has 0 radical (unpaired) electrons. The summed E-state index contributed by atoms with van der Waals surface area (Å²) in [4.78, 5) is 0. The van der Waals surface area contributed by atoms with Crippen molar-refractivity contribution in [2.75, 3.05) is 6.61 Å². The van der Waals surface area contributed by atoms with Crippen molar-refractivity contribution >= 4 is 0 Å². The van der Waals surface area contributed by atoms with Crippen LogP contribution in [0.3, 0.4) is 0 Å². The Bertz CT molecular complexity index is 263. The highest BCUT2D eigenvalue weighted by molar-refractivity contribution is 5.24. The van der Waals surface area contributed by atoms with E-state index >= 15 is 0 Å². The summed E-state index contributed by atoms with van der Waals surface area (Å²) in [5.41, 5.74) is 0.981. The van der Waals surface area contributed by atoms with Gasteiger partial charge in [-0.15, -0.1) is 0 Å². The van der Waals surface area contributed by atoms with Gasteiger partial charge in [0.05, 0.1) is 12.0 Å². The molecule has 0 saturated heterocycles. The van der Waals surface area contributed by atoms with Gasteiger partial charge in [0.2, 0.25) is 0 Å². The Kier molecular flexibility index (Phi) is 3.31. The first-order chi connectivity index (χ1) is 5.88. The van der Waals surface area contributed by atoms with Gasteiger partial charge in [0.15, 0.2) is 0 Å². The van der Waals surface area contributed by atoms with Crippen molar-refractivity contribution < 1.29 is 5.11 Å². The van der Waals surface area contributed by atoms with Gasteiger partial charge >= 0.3 is 0 Å². The molecule has 0 bridgehead atoms. The van der Waals surface area contributed by atoms with Crippen molar-refractivity contribution in [3.63, 3.8) is 0 Å². The topological polar surface area (TPSA) is 44.0 Å². The van der Waals surface area contributed by atoms with E-state index in [1.54, 1.807) is 0 Å². The molecule has 12 heavy (non-hydrogen) atoms. The average Bonchev–Trinajstić information content (AvgIpc) is 2.15. The van der Waals surface area contributed by atoms with E-state index in [1.807, 2.05) is 30.3 Å². The van der Waals surface area contributed by atoms with Crippen LogP contribution in [0.2, 0.25) is 0 Å². The van der Waals surface area contributed by atoms with Gasteiger partial charge < -0.3 is 5.11 Å². The predicted octanol–water partition coefficient (Wildman–Crippen LogP) is 1.68. The van der Waals surface area contributed by atoms with Crippen molar-refractivity contribution in [1.29, 1.82) is 5.26 Å². The third kappa shape index (κ3) is 2.08. The molecule has 1 aromatic rings. The minimum absolute atomic E-state index is 0.0626. The molecule has 0 aliphatic rings. The van der Waals surface area contributed by atoms with E-state index in [0.29, 0.717) is 6.42 Å². The highest BCUT2D eigenvalue weighted by Crippen LogP contribution is 2.17. The second kappa shape index (κ2) is 4.53. The zero-order chi connectivity index (χ0) is 8.81. The van der Waals surface area contributed by atoms with Gasteiger partial charge in [-0.05, 0) is 12.0 Å². The van der Waals surface area contributed by atoms with Gasteiger partial charge in [-0.25, -0.2) is 0 Å². The molecular weight excluding hydrogens is 150 g/mol. The van der Waals surface area contributed by atoms with Crippen molar-refractivity contribution in [3.05, 3.63) is 35.9 Å². The molecule has 2 nitrogen and oxygen atoms in total. The molecule has 0 aromatic heterocycles. The normalized spacial score (nSPS) is 12.0. The van der Waals surface area contributed by atoms with E-state index in [9.17, 15) is 0 Å². The van der Waals surface area contributed by atoms with Crippen molar-refractivity contribution in [2.24, 2.45) is 0 Å². The summed E-state index contributed by atoms with van der Waals surface area (Å²) in [6, 6.07) is 11.7. The zero-order valence-electron chi connectivity index (χ0n) is 6.77. The smallest absolute Gasteiger partial charge is 0.0734 e. The number of aliphatic hydroxyl groups excluding tert-OH is 1. The molecule has 0 spiro atoms. The molecule has 2 heteroatoms. The van der Waals surface area contributed by atoms with E-state index < -0.39 is 0 Å². The molecule has 1 N–H and O–H groups in total. The van der Waals surface area contributed by atoms with Gasteiger partial charge in [0, 0.05) is 6.61 Å². The van der Waals surface area contributed by atoms with Crippen molar-refractivity contribution in [2.45, 2.75) is 12.3 Å². The lowest BCUT2D eigenvalue weighted by Gasteiger charge is -2.05. The number of rotatable bonds is 3. The molecule has 0 aliphatic heterocycles. The Morgan fingerprint density at radius 2 is 2.00 bits per heavy atom. The van der Waals surface area contributed by atoms with Gasteiger partial charge in [0.1, 0.15) is 0 Å². The fraction of sp³-hybridized carbons (Fsp3) is 0.300. The predicted molar refractivity (Wildman–Crippen MR) is 46.5 cm³/mol. The maximum absolute atomic E-state index is 8.75. The molecule has 1 rings (SSSR count). The SMILES string of the molecule is N#C[C@H](CCO)c1ccccc1. The highest BCUT2D eigenvalue weighted by Gasteiger charge is 2.07. The monoisotopic (exact) mass is 161 g/mol. The summed E-state index contributed by atoms with van der Waals surface area (Å²) in [5, 5.41) is 17.4. The summed E-state index contributed by atoms with van der Waals surface area (Å²) in [6.45, 7) is 0.0626. The van der Waals surface area contributed by atoms with E-state index in [0.717, 1.165) is 5.56 Å². The highest BCUT2D eigenvalue weighted by atomic mass is 16.3. The average molecular weight is 161 g/mol. The van der Waals surface area contributed by atoms with Gasteiger partial charge in [0.25, 0.3) is 0 Å². The lowest BCUT2D eigenvalue weighted by molar-refractivity contribution is 0.283. The molecular formula is C10H11NO. The Morgan fingerprint density at radius 1 is 1.33 bits per heavy atom. The molecule has 0 saturated carbocycles. The summed E-state index contributed by atoms with van der Waals surface area (Å²) < 4.78 is 0. The number of hydrogen-bond donors (Lipinski definition) is 1. The zero-order valence-corrected chi connectivity index (χ0v) is 6.77. The molecule has 0 heterocycles. The maximum atomic E-state index is 8.75. The van der Waals surface area contributed by atoms with Crippen LogP contribution in [-0.4, -0.2) is 11.7 Å². The van der Waals surface area contributed by atoms with Crippen LogP contribution in [0.25, 0.3) is 0 Å². The van der Waals surface area contributed by atoms with Crippen LogP contribution < -0.4 is 0 Å². The second-order valence-electron chi connectivity index (χ2n) is 2.60. The number of benzene rings is 1. The Balaban J connectivity index is 2.75. The third-order valence-electron chi connectivity index (χ3n) is 1.78. The number of nitriles is 1. The van der Waals surface area contributed by atoms with Crippen LogP contribution in [0.4, 0.5) is 0 Å². The van der Waals surface area contributed by atoms with Gasteiger partial charge in [-0.2, -0.15) is 5.26 Å². The van der Waals surface area contributed by atoms with Crippen molar-refractivity contribution in [1.82, 2.24) is 0 Å². The number of nitrogens with zero attached hydrogens (tertiary/aromatic N) is 1. The van der Waals surface area contributed by atoms with E-state index in [2.05, 4.69) is 6.07 Å². The molecule has 0 fully saturated rings. The van der Waals surface area contributed by atoms with Crippen LogP contribution in [0.5, 0.6) is 0 Å². The second-order valence-corrected chi connectivity index (χ2v) is 2.60. The first kappa shape index (κ1) is 8.76. The molecule has 62 valence electrons. The third-order valence-corrected chi connectivity index (χ3v) is 1.78. The van der Waals surface area contributed by atoms with Crippen LogP contribution >= 0.6 is 0 Å². The standard InChI is InChI=1S/C10H11NO/c11-8-10(6-7-12)9-4-2-1-3-5-9/h1-5,10,12H,6-7H2/t10-/m0/s1. The molecule has 0 aliphatic carbocycles. The minimum atomic E-state index is -0.170. The number of hydrogen-bond acceptors (Lipinski definition) is 2. The molecule has 1 aromatic carbocycles.